The number of rotatable bonds is 3. The molecule has 2 aromatic rings. The standard InChI is InChI=1S/C15H15Cl2N3/c1-18-15-11-3-2-4-13(11)19-14(20-15)7-9-5-6-10(16)8-12(9)17/h5-6,8H,2-4,7H2,1H3,(H,18,19,20). The Hall–Kier alpha value is -1.32. The SMILES string of the molecule is CNc1nc(Cc2ccc(Cl)cc2Cl)nc2c1CCC2. The van der Waals surface area contributed by atoms with Crippen LogP contribution in [0.5, 0.6) is 0 Å². The van der Waals surface area contributed by atoms with E-state index in [0.717, 1.165) is 36.5 Å². The van der Waals surface area contributed by atoms with Crippen molar-refractivity contribution in [3.8, 4) is 0 Å². The third-order valence-electron chi connectivity index (χ3n) is 3.58. The van der Waals surface area contributed by atoms with Crippen LogP contribution in [0.15, 0.2) is 18.2 Å². The van der Waals surface area contributed by atoms with Crippen molar-refractivity contribution < 1.29 is 0 Å². The number of hydrogen-bond donors (Lipinski definition) is 1. The highest BCUT2D eigenvalue weighted by Gasteiger charge is 2.19. The largest absolute Gasteiger partial charge is 0.373 e. The second-order valence-electron chi connectivity index (χ2n) is 4.93. The van der Waals surface area contributed by atoms with E-state index in [1.807, 2.05) is 19.2 Å². The highest BCUT2D eigenvalue weighted by molar-refractivity contribution is 6.35. The van der Waals surface area contributed by atoms with Crippen molar-refractivity contribution in [3.63, 3.8) is 0 Å². The number of benzene rings is 1. The third kappa shape index (κ3) is 2.60. The zero-order chi connectivity index (χ0) is 14.1. The smallest absolute Gasteiger partial charge is 0.135 e. The van der Waals surface area contributed by atoms with E-state index in [9.17, 15) is 0 Å². The minimum Gasteiger partial charge on any atom is -0.373 e. The molecule has 3 nitrogen and oxygen atoms in total. The Morgan fingerprint density at radius 2 is 2.05 bits per heavy atom. The molecule has 1 N–H and O–H groups in total. The molecule has 0 fully saturated rings. The van der Waals surface area contributed by atoms with Crippen molar-refractivity contribution >= 4 is 29.0 Å². The highest BCUT2D eigenvalue weighted by atomic mass is 35.5. The summed E-state index contributed by atoms with van der Waals surface area (Å²) in [6.45, 7) is 0. The summed E-state index contributed by atoms with van der Waals surface area (Å²) in [6.07, 6.45) is 3.88. The summed E-state index contributed by atoms with van der Waals surface area (Å²) in [5.41, 5.74) is 3.43. The first kappa shape index (κ1) is 13.7. The second-order valence-corrected chi connectivity index (χ2v) is 5.77. The summed E-state index contributed by atoms with van der Waals surface area (Å²) in [7, 11) is 1.90. The minimum atomic E-state index is 0.623. The van der Waals surface area contributed by atoms with Crippen LogP contribution in [0.4, 0.5) is 5.82 Å². The molecule has 1 heterocycles. The molecule has 1 aromatic carbocycles. The number of aryl methyl sites for hydroxylation is 1. The number of fused-ring (bicyclic) bond motifs is 1. The monoisotopic (exact) mass is 307 g/mol. The zero-order valence-electron chi connectivity index (χ0n) is 11.2. The van der Waals surface area contributed by atoms with E-state index in [2.05, 4.69) is 15.3 Å². The zero-order valence-corrected chi connectivity index (χ0v) is 12.7. The van der Waals surface area contributed by atoms with E-state index in [4.69, 9.17) is 23.2 Å². The van der Waals surface area contributed by atoms with Crippen LogP contribution in [-0.4, -0.2) is 17.0 Å². The van der Waals surface area contributed by atoms with E-state index >= 15 is 0 Å². The maximum Gasteiger partial charge on any atom is 0.135 e. The number of aromatic nitrogens is 2. The average molecular weight is 308 g/mol. The molecular weight excluding hydrogens is 293 g/mol. The van der Waals surface area contributed by atoms with Gasteiger partial charge in [0.15, 0.2) is 0 Å². The van der Waals surface area contributed by atoms with Gasteiger partial charge in [0.05, 0.1) is 0 Å². The Bertz CT molecular complexity index is 656. The molecule has 0 bridgehead atoms. The van der Waals surface area contributed by atoms with Crippen molar-refractivity contribution in [1.29, 1.82) is 0 Å². The number of nitrogens with one attached hydrogen (secondary N) is 1. The molecule has 20 heavy (non-hydrogen) atoms. The molecule has 0 unspecified atom stereocenters. The first-order chi connectivity index (χ1) is 9.67. The number of nitrogens with zero attached hydrogens (tertiary/aromatic N) is 2. The van der Waals surface area contributed by atoms with Crippen molar-refractivity contribution in [2.24, 2.45) is 0 Å². The Labute approximate surface area is 128 Å². The summed E-state index contributed by atoms with van der Waals surface area (Å²) in [6, 6.07) is 5.53. The van der Waals surface area contributed by atoms with Crippen molar-refractivity contribution in [2.75, 3.05) is 12.4 Å². The van der Waals surface area contributed by atoms with Crippen molar-refractivity contribution in [2.45, 2.75) is 25.7 Å². The Morgan fingerprint density at radius 1 is 1.20 bits per heavy atom. The molecule has 1 aromatic heterocycles. The molecule has 0 amide bonds. The molecule has 0 saturated carbocycles. The molecule has 0 radical (unpaired) electrons. The first-order valence-electron chi connectivity index (χ1n) is 6.67. The lowest BCUT2D eigenvalue weighted by Crippen LogP contribution is -2.06. The lowest BCUT2D eigenvalue weighted by Gasteiger charge is -2.10. The van der Waals surface area contributed by atoms with E-state index in [1.165, 1.54) is 11.3 Å². The van der Waals surface area contributed by atoms with Crippen LogP contribution in [0, 0.1) is 0 Å². The fourth-order valence-corrected chi connectivity index (χ4v) is 3.08. The average Bonchev–Trinajstić information content (AvgIpc) is 2.89. The van der Waals surface area contributed by atoms with Crippen LogP contribution in [0.1, 0.15) is 29.1 Å². The van der Waals surface area contributed by atoms with Gasteiger partial charge in [0, 0.05) is 34.8 Å². The van der Waals surface area contributed by atoms with Gasteiger partial charge in [-0.05, 0) is 37.0 Å². The Morgan fingerprint density at radius 3 is 2.80 bits per heavy atom. The predicted octanol–water partition coefficient (Wildman–Crippen LogP) is 3.90. The summed E-state index contributed by atoms with van der Waals surface area (Å²) < 4.78 is 0. The summed E-state index contributed by atoms with van der Waals surface area (Å²) >= 11 is 12.1. The molecule has 0 aliphatic heterocycles. The number of anilines is 1. The number of hydrogen-bond acceptors (Lipinski definition) is 3. The van der Waals surface area contributed by atoms with Gasteiger partial charge in [0.25, 0.3) is 0 Å². The van der Waals surface area contributed by atoms with E-state index in [0.29, 0.717) is 16.5 Å². The second kappa shape index (κ2) is 5.58. The van der Waals surface area contributed by atoms with Gasteiger partial charge in [-0.2, -0.15) is 0 Å². The Kier molecular flexibility index (Phi) is 3.81. The molecule has 3 rings (SSSR count). The van der Waals surface area contributed by atoms with Gasteiger partial charge in [0.1, 0.15) is 11.6 Å². The topological polar surface area (TPSA) is 37.8 Å². The van der Waals surface area contributed by atoms with Gasteiger partial charge in [-0.1, -0.05) is 29.3 Å². The van der Waals surface area contributed by atoms with Gasteiger partial charge in [0.2, 0.25) is 0 Å². The third-order valence-corrected chi connectivity index (χ3v) is 4.17. The van der Waals surface area contributed by atoms with Gasteiger partial charge in [-0.15, -0.1) is 0 Å². The molecule has 5 heteroatoms. The van der Waals surface area contributed by atoms with Crippen LogP contribution < -0.4 is 5.32 Å². The molecule has 0 atom stereocenters. The summed E-state index contributed by atoms with van der Waals surface area (Å²) in [4.78, 5) is 9.29. The van der Waals surface area contributed by atoms with Gasteiger partial charge >= 0.3 is 0 Å². The number of halogens is 2. The van der Waals surface area contributed by atoms with Crippen LogP contribution in [-0.2, 0) is 19.3 Å². The van der Waals surface area contributed by atoms with Crippen molar-refractivity contribution in [3.05, 3.63) is 50.9 Å². The van der Waals surface area contributed by atoms with Crippen molar-refractivity contribution in [1.82, 2.24) is 9.97 Å². The lowest BCUT2D eigenvalue weighted by molar-refractivity contribution is 0.886. The molecule has 0 spiro atoms. The van der Waals surface area contributed by atoms with Gasteiger partial charge in [-0.3, -0.25) is 0 Å². The summed E-state index contributed by atoms with van der Waals surface area (Å²) in [5, 5.41) is 4.47. The van der Waals surface area contributed by atoms with E-state index in [-0.39, 0.29) is 0 Å². The fraction of sp³-hybridized carbons (Fsp3) is 0.333. The predicted molar refractivity (Wildman–Crippen MR) is 82.9 cm³/mol. The van der Waals surface area contributed by atoms with E-state index in [1.54, 1.807) is 6.07 Å². The molecule has 0 saturated heterocycles. The highest BCUT2D eigenvalue weighted by Crippen LogP contribution is 2.28. The lowest BCUT2D eigenvalue weighted by atomic mass is 10.1. The molecule has 104 valence electrons. The molecular formula is C15H15Cl2N3. The quantitative estimate of drug-likeness (QED) is 0.934. The maximum absolute atomic E-state index is 6.21. The van der Waals surface area contributed by atoms with Crippen LogP contribution >= 0.6 is 23.2 Å². The van der Waals surface area contributed by atoms with Gasteiger partial charge < -0.3 is 5.32 Å². The maximum atomic E-state index is 6.21. The van der Waals surface area contributed by atoms with Crippen LogP contribution in [0.25, 0.3) is 0 Å². The van der Waals surface area contributed by atoms with Gasteiger partial charge in [-0.25, -0.2) is 9.97 Å². The van der Waals surface area contributed by atoms with Crippen LogP contribution in [0.2, 0.25) is 10.0 Å². The van der Waals surface area contributed by atoms with E-state index < -0.39 is 0 Å². The summed E-state index contributed by atoms with van der Waals surface area (Å²) in [5.74, 6) is 1.76. The normalized spacial score (nSPS) is 13.3. The first-order valence-corrected chi connectivity index (χ1v) is 7.43. The molecule has 1 aliphatic carbocycles. The minimum absolute atomic E-state index is 0.623. The van der Waals surface area contributed by atoms with Crippen LogP contribution in [0.3, 0.4) is 0 Å². The fourth-order valence-electron chi connectivity index (χ4n) is 2.60. The Balaban J connectivity index is 1.95. The molecule has 1 aliphatic rings.